The number of hydrogen-bond donors (Lipinski definition) is 1. The van der Waals surface area contributed by atoms with Gasteiger partial charge in [0.2, 0.25) is 0 Å². The van der Waals surface area contributed by atoms with Gasteiger partial charge in [-0.25, -0.2) is 0 Å². The number of nitrogens with one attached hydrogen (secondary N) is 1. The van der Waals surface area contributed by atoms with Crippen molar-refractivity contribution in [3.05, 3.63) is 23.3 Å². The standard InChI is InChI=1S/C15H20N2O2/c1-18-10-8-13-11(14(9-10)19-2)4-3-5-12(13)15-16-6-7-17-15/h8-9,12H,3-7H2,1-2H3,(H,16,17). The summed E-state index contributed by atoms with van der Waals surface area (Å²) in [6, 6.07) is 4.12. The number of hydrogen-bond acceptors (Lipinski definition) is 4. The van der Waals surface area contributed by atoms with Crippen molar-refractivity contribution >= 4 is 5.84 Å². The van der Waals surface area contributed by atoms with Crippen LogP contribution in [0.4, 0.5) is 0 Å². The number of rotatable bonds is 3. The van der Waals surface area contributed by atoms with Crippen LogP contribution < -0.4 is 14.8 Å². The van der Waals surface area contributed by atoms with Gasteiger partial charge in [-0.05, 0) is 36.5 Å². The minimum atomic E-state index is 0.371. The molecule has 1 N–H and O–H groups in total. The molecule has 1 heterocycles. The first kappa shape index (κ1) is 12.3. The van der Waals surface area contributed by atoms with Crippen molar-refractivity contribution in [2.45, 2.75) is 25.2 Å². The molecule has 1 aliphatic heterocycles. The molecule has 1 aliphatic carbocycles. The Hall–Kier alpha value is -1.71. The second-order valence-electron chi connectivity index (χ2n) is 5.04. The van der Waals surface area contributed by atoms with E-state index in [1.807, 2.05) is 6.07 Å². The van der Waals surface area contributed by atoms with Gasteiger partial charge in [-0.1, -0.05) is 0 Å². The molecule has 4 nitrogen and oxygen atoms in total. The number of nitrogens with zero attached hydrogens (tertiary/aromatic N) is 1. The fourth-order valence-corrected chi connectivity index (χ4v) is 3.09. The summed E-state index contributed by atoms with van der Waals surface area (Å²) >= 11 is 0. The number of methoxy groups -OCH3 is 2. The molecule has 4 heteroatoms. The van der Waals surface area contributed by atoms with Gasteiger partial charge in [0.1, 0.15) is 17.3 Å². The average Bonchev–Trinajstić information content (AvgIpc) is 2.99. The lowest BCUT2D eigenvalue weighted by atomic mass is 9.81. The Labute approximate surface area is 113 Å². The Bertz CT molecular complexity index is 511. The largest absolute Gasteiger partial charge is 0.497 e. The Morgan fingerprint density at radius 1 is 1.26 bits per heavy atom. The van der Waals surface area contributed by atoms with Crippen LogP contribution in [0.5, 0.6) is 11.5 Å². The van der Waals surface area contributed by atoms with Crippen LogP contribution in [0.15, 0.2) is 17.1 Å². The van der Waals surface area contributed by atoms with E-state index in [2.05, 4.69) is 16.4 Å². The van der Waals surface area contributed by atoms with Gasteiger partial charge in [0.25, 0.3) is 0 Å². The summed E-state index contributed by atoms with van der Waals surface area (Å²) in [5.41, 5.74) is 2.63. The van der Waals surface area contributed by atoms with E-state index in [-0.39, 0.29) is 0 Å². The van der Waals surface area contributed by atoms with Gasteiger partial charge in [-0.2, -0.15) is 0 Å². The van der Waals surface area contributed by atoms with Crippen molar-refractivity contribution in [1.29, 1.82) is 0 Å². The highest BCUT2D eigenvalue weighted by Gasteiger charge is 2.28. The minimum Gasteiger partial charge on any atom is -0.497 e. The molecule has 19 heavy (non-hydrogen) atoms. The number of amidine groups is 1. The van der Waals surface area contributed by atoms with Crippen LogP contribution in [-0.2, 0) is 6.42 Å². The Balaban J connectivity index is 2.06. The monoisotopic (exact) mass is 260 g/mol. The summed E-state index contributed by atoms with van der Waals surface area (Å²) in [6.45, 7) is 1.85. The second kappa shape index (κ2) is 5.11. The minimum absolute atomic E-state index is 0.371. The highest BCUT2D eigenvalue weighted by Crippen LogP contribution is 2.40. The third-order valence-corrected chi connectivity index (χ3v) is 4.00. The Morgan fingerprint density at radius 3 is 2.84 bits per heavy atom. The maximum atomic E-state index is 5.53. The first-order valence-corrected chi connectivity index (χ1v) is 6.86. The molecule has 1 aromatic rings. The van der Waals surface area contributed by atoms with Gasteiger partial charge in [-0.3, -0.25) is 4.99 Å². The maximum Gasteiger partial charge on any atom is 0.126 e. The second-order valence-corrected chi connectivity index (χ2v) is 5.04. The van der Waals surface area contributed by atoms with Crippen molar-refractivity contribution < 1.29 is 9.47 Å². The van der Waals surface area contributed by atoms with E-state index in [4.69, 9.17) is 9.47 Å². The van der Waals surface area contributed by atoms with Crippen molar-refractivity contribution in [2.24, 2.45) is 4.99 Å². The average molecular weight is 260 g/mol. The van der Waals surface area contributed by atoms with Crippen molar-refractivity contribution in [1.82, 2.24) is 5.32 Å². The molecular formula is C15H20N2O2. The fraction of sp³-hybridized carbons (Fsp3) is 0.533. The molecule has 0 aromatic heterocycles. The molecule has 0 fully saturated rings. The van der Waals surface area contributed by atoms with Crippen LogP contribution in [0.3, 0.4) is 0 Å². The van der Waals surface area contributed by atoms with E-state index >= 15 is 0 Å². The first-order chi connectivity index (χ1) is 9.33. The lowest BCUT2D eigenvalue weighted by Crippen LogP contribution is -2.28. The van der Waals surface area contributed by atoms with Crippen LogP contribution in [0.2, 0.25) is 0 Å². The molecule has 0 bridgehead atoms. The summed E-state index contributed by atoms with van der Waals surface area (Å²) in [6.07, 6.45) is 3.41. The highest BCUT2D eigenvalue weighted by molar-refractivity contribution is 5.91. The molecule has 0 spiro atoms. The van der Waals surface area contributed by atoms with Crippen molar-refractivity contribution in [2.75, 3.05) is 27.3 Å². The van der Waals surface area contributed by atoms with Gasteiger partial charge in [0.05, 0.1) is 20.8 Å². The zero-order valence-corrected chi connectivity index (χ0v) is 11.5. The number of aliphatic imine (C=N–C) groups is 1. The molecule has 0 amide bonds. The quantitative estimate of drug-likeness (QED) is 0.905. The third kappa shape index (κ3) is 2.15. The van der Waals surface area contributed by atoms with Crippen LogP contribution in [0.25, 0.3) is 0 Å². The summed E-state index contributed by atoms with van der Waals surface area (Å²) in [5, 5.41) is 3.41. The topological polar surface area (TPSA) is 42.9 Å². The first-order valence-electron chi connectivity index (χ1n) is 6.86. The summed E-state index contributed by atoms with van der Waals surface area (Å²) in [4.78, 5) is 4.59. The predicted octanol–water partition coefficient (Wildman–Crippen LogP) is 2.13. The van der Waals surface area contributed by atoms with Crippen LogP contribution in [0.1, 0.15) is 29.9 Å². The number of ether oxygens (including phenoxy) is 2. The Kier molecular flexibility index (Phi) is 3.32. The van der Waals surface area contributed by atoms with Crippen molar-refractivity contribution in [3.8, 4) is 11.5 Å². The van der Waals surface area contributed by atoms with Gasteiger partial charge < -0.3 is 14.8 Å². The smallest absolute Gasteiger partial charge is 0.126 e. The lowest BCUT2D eigenvalue weighted by Gasteiger charge is -2.27. The van der Waals surface area contributed by atoms with Crippen molar-refractivity contribution in [3.63, 3.8) is 0 Å². The van der Waals surface area contributed by atoms with E-state index in [0.29, 0.717) is 5.92 Å². The van der Waals surface area contributed by atoms with Crippen LogP contribution in [0, 0.1) is 0 Å². The molecule has 0 saturated heterocycles. The Morgan fingerprint density at radius 2 is 2.16 bits per heavy atom. The normalized spacial score (nSPS) is 21.4. The van der Waals surface area contributed by atoms with E-state index in [9.17, 15) is 0 Å². The zero-order valence-electron chi connectivity index (χ0n) is 11.5. The van der Waals surface area contributed by atoms with Gasteiger partial charge in [0, 0.05) is 18.5 Å². The zero-order chi connectivity index (χ0) is 13.2. The molecule has 0 radical (unpaired) electrons. The van der Waals surface area contributed by atoms with Crippen LogP contribution >= 0.6 is 0 Å². The molecule has 3 rings (SSSR count). The van der Waals surface area contributed by atoms with Gasteiger partial charge in [-0.15, -0.1) is 0 Å². The summed E-state index contributed by atoms with van der Waals surface area (Å²) < 4.78 is 10.9. The predicted molar refractivity (Wildman–Crippen MR) is 75.5 cm³/mol. The number of benzene rings is 1. The molecule has 1 unspecified atom stereocenters. The van der Waals surface area contributed by atoms with Gasteiger partial charge in [0.15, 0.2) is 0 Å². The molecular weight excluding hydrogens is 240 g/mol. The third-order valence-electron chi connectivity index (χ3n) is 4.00. The van der Waals surface area contributed by atoms with E-state index in [0.717, 1.165) is 43.3 Å². The van der Waals surface area contributed by atoms with Crippen LogP contribution in [-0.4, -0.2) is 33.1 Å². The van der Waals surface area contributed by atoms with Gasteiger partial charge >= 0.3 is 0 Å². The SMILES string of the molecule is COc1cc(OC)c2c(c1)C(C1=NCCN1)CCC2. The number of fused-ring (bicyclic) bond motifs is 1. The lowest BCUT2D eigenvalue weighted by molar-refractivity contribution is 0.386. The summed E-state index contributed by atoms with van der Waals surface area (Å²) in [7, 11) is 3.42. The molecule has 1 atom stereocenters. The van der Waals surface area contributed by atoms with E-state index in [1.165, 1.54) is 17.5 Å². The molecule has 0 saturated carbocycles. The molecule has 102 valence electrons. The fourth-order valence-electron chi connectivity index (χ4n) is 3.09. The maximum absolute atomic E-state index is 5.53. The van der Waals surface area contributed by atoms with E-state index < -0.39 is 0 Å². The van der Waals surface area contributed by atoms with E-state index in [1.54, 1.807) is 14.2 Å². The molecule has 1 aromatic carbocycles. The highest BCUT2D eigenvalue weighted by atomic mass is 16.5. The molecule has 2 aliphatic rings. The summed E-state index contributed by atoms with van der Waals surface area (Å²) in [5.74, 6) is 3.31.